The van der Waals surface area contributed by atoms with Gasteiger partial charge in [-0.1, -0.05) is 18.2 Å². The maximum atomic E-state index is 12.3. The maximum Gasteiger partial charge on any atom is 0.256 e. The number of nitrogens with zero attached hydrogens (tertiary/aromatic N) is 1. The summed E-state index contributed by atoms with van der Waals surface area (Å²) in [6.45, 7) is 0.124. The molecule has 0 bridgehead atoms. The van der Waals surface area contributed by atoms with Crippen molar-refractivity contribution in [2.24, 2.45) is 0 Å². The first kappa shape index (κ1) is 16.0. The number of nitrogens with one attached hydrogen (secondary N) is 2. The summed E-state index contributed by atoms with van der Waals surface area (Å²) in [6.07, 6.45) is 1.16. The molecule has 2 N–H and O–H groups in total. The fourth-order valence-corrected chi connectivity index (χ4v) is 2.33. The van der Waals surface area contributed by atoms with Crippen molar-refractivity contribution in [3.05, 3.63) is 54.1 Å². The Labute approximate surface area is 138 Å². The van der Waals surface area contributed by atoms with Crippen LogP contribution in [0.2, 0.25) is 0 Å². The highest BCUT2D eigenvalue weighted by molar-refractivity contribution is 6.07. The van der Waals surface area contributed by atoms with E-state index in [-0.39, 0.29) is 12.6 Å². The van der Waals surface area contributed by atoms with Crippen LogP contribution >= 0.6 is 0 Å². The molecule has 2 aromatic carbocycles. The number of anilines is 1. The van der Waals surface area contributed by atoms with E-state index in [9.17, 15) is 9.18 Å². The van der Waals surface area contributed by atoms with Crippen molar-refractivity contribution < 1.29 is 13.9 Å². The number of alkyl halides is 1. The molecule has 0 aliphatic heterocycles. The zero-order valence-corrected chi connectivity index (χ0v) is 13.1. The lowest BCUT2D eigenvalue weighted by Gasteiger charge is -2.06. The van der Waals surface area contributed by atoms with Gasteiger partial charge in [0.2, 0.25) is 0 Å². The van der Waals surface area contributed by atoms with Gasteiger partial charge in [0.15, 0.2) is 5.82 Å². The van der Waals surface area contributed by atoms with Crippen LogP contribution in [-0.2, 0) is 0 Å². The molecule has 0 radical (unpaired) electrons. The second-order valence-corrected chi connectivity index (χ2v) is 5.34. The van der Waals surface area contributed by atoms with Crippen LogP contribution in [0.1, 0.15) is 23.2 Å². The number of aromatic amines is 1. The number of unbranched alkanes of at least 4 members (excludes halogenated alkanes) is 1. The molecule has 6 heteroatoms. The predicted molar refractivity (Wildman–Crippen MR) is 91.2 cm³/mol. The number of fused-ring (bicyclic) bond motifs is 1. The number of halogens is 1. The summed E-state index contributed by atoms with van der Waals surface area (Å²) >= 11 is 0. The van der Waals surface area contributed by atoms with Crippen molar-refractivity contribution in [1.82, 2.24) is 10.2 Å². The number of rotatable bonds is 7. The average molecular weight is 327 g/mol. The van der Waals surface area contributed by atoms with Crippen molar-refractivity contribution in [1.29, 1.82) is 0 Å². The molecular formula is C18H18FN3O2. The first-order chi connectivity index (χ1) is 11.8. The Morgan fingerprint density at radius 1 is 1.17 bits per heavy atom. The summed E-state index contributed by atoms with van der Waals surface area (Å²) < 4.78 is 17.7. The summed E-state index contributed by atoms with van der Waals surface area (Å²) in [6, 6.07) is 14.4. The zero-order chi connectivity index (χ0) is 16.8. The smallest absolute Gasteiger partial charge is 0.256 e. The predicted octanol–water partition coefficient (Wildman–Crippen LogP) is 3.94. The fraction of sp³-hybridized carbons (Fsp3) is 0.222. The van der Waals surface area contributed by atoms with Crippen LogP contribution in [0.3, 0.4) is 0 Å². The third-order valence-corrected chi connectivity index (χ3v) is 3.60. The molecule has 24 heavy (non-hydrogen) atoms. The molecule has 0 atom stereocenters. The Hall–Kier alpha value is -2.89. The van der Waals surface area contributed by atoms with Gasteiger partial charge in [0.1, 0.15) is 5.75 Å². The SMILES string of the molecule is O=C(Nc1n[nH]c2ccc(OCCCCF)cc12)c1ccccc1. The molecule has 124 valence electrons. The Bertz CT molecular complexity index is 818. The Morgan fingerprint density at radius 2 is 2.00 bits per heavy atom. The van der Waals surface area contributed by atoms with Crippen LogP contribution in [-0.4, -0.2) is 29.4 Å². The number of ether oxygens (including phenoxy) is 1. The lowest BCUT2D eigenvalue weighted by Crippen LogP contribution is -2.12. The number of carbonyl (C=O) groups is 1. The average Bonchev–Trinajstić information content (AvgIpc) is 3.02. The number of hydrogen-bond donors (Lipinski definition) is 2. The van der Waals surface area contributed by atoms with Crippen LogP contribution in [0.4, 0.5) is 10.2 Å². The van der Waals surface area contributed by atoms with E-state index in [0.29, 0.717) is 36.6 Å². The van der Waals surface area contributed by atoms with Gasteiger partial charge < -0.3 is 10.1 Å². The number of carbonyl (C=O) groups excluding carboxylic acids is 1. The Balaban J connectivity index is 1.75. The van der Waals surface area contributed by atoms with Crippen LogP contribution in [0, 0.1) is 0 Å². The van der Waals surface area contributed by atoms with Crippen LogP contribution in [0.5, 0.6) is 5.75 Å². The van der Waals surface area contributed by atoms with Gasteiger partial charge >= 0.3 is 0 Å². The minimum absolute atomic E-state index is 0.224. The minimum Gasteiger partial charge on any atom is -0.494 e. The van der Waals surface area contributed by atoms with Gasteiger partial charge in [-0.25, -0.2) is 0 Å². The molecule has 0 saturated carbocycles. The lowest BCUT2D eigenvalue weighted by molar-refractivity contribution is 0.102. The van der Waals surface area contributed by atoms with Crippen molar-refractivity contribution in [3.8, 4) is 5.75 Å². The van der Waals surface area contributed by atoms with Crippen molar-refractivity contribution in [3.63, 3.8) is 0 Å². The van der Waals surface area contributed by atoms with Gasteiger partial charge in [0, 0.05) is 10.9 Å². The number of hydrogen-bond acceptors (Lipinski definition) is 3. The topological polar surface area (TPSA) is 67.0 Å². The molecule has 0 aliphatic rings. The molecule has 0 spiro atoms. The number of benzene rings is 2. The van der Waals surface area contributed by atoms with E-state index in [1.807, 2.05) is 24.3 Å². The van der Waals surface area contributed by atoms with E-state index in [0.717, 1.165) is 10.9 Å². The fourth-order valence-electron chi connectivity index (χ4n) is 2.33. The van der Waals surface area contributed by atoms with Crippen molar-refractivity contribution >= 4 is 22.6 Å². The maximum absolute atomic E-state index is 12.3. The van der Waals surface area contributed by atoms with Crippen LogP contribution < -0.4 is 10.1 Å². The monoisotopic (exact) mass is 327 g/mol. The number of H-pyrrole nitrogens is 1. The third kappa shape index (κ3) is 3.71. The highest BCUT2D eigenvalue weighted by atomic mass is 19.1. The second kappa shape index (κ2) is 7.59. The van der Waals surface area contributed by atoms with Gasteiger partial charge in [-0.2, -0.15) is 5.10 Å². The number of aromatic nitrogens is 2. The molecule has 0 fully saturated rings. The molecule has 0 saturated heterocycles. The van der Waals surface area contributed by atoms with E-state index < -0.39 is 0 Å². The van der Waals surface area contributed by atoms with Gasteiger partial charge in [0.05, 0.1) is 18.8 Å². The van der Waals surface area contributed by atoms with E-state index >= 15 is 0 Å². The first-order valence-corrected chi connectivity index (χ1v) is 7.81. The Kier molecular flexibility index (Phi) is 5.05. The van der Waals surface area contributed by atoms with Crippen LogP contribution in [0.15, 0.2) is 48.5 Å². The van der Waals surface area contributed by atoms with E-state index in [2.05, 4.69) is 15.5 Å². The zero-order valence-electron chi connectivity index (χ0n) is 13.1. The Morgan fingerprint density at radius 3 is 2.79 bits per heavy atom. The molecule has 1 heterocycles. The molecule has 0 aliphatic carbocycles. The first-order valence-electron chi connectivity index (χ1n) is 7.81. The van der Waals surface area contributed by atoms with Crippen molar-refractivity contribution in [2.75, 3.05) is 18.6 Å². The highest BCUT2D eigenvalue weighted by Gasteiger charge is 2.11. The second-order valence-electron chi connectivity index (χ2n) is 5.34. The van der Waals surface area contributed by atoms with E-state index in [4.69, 9.17) is 4.74 Å². The van der Waals surface area contributed by atoms with Crippen LogP contribution in [0.25, 0.3) is 10.9 Å². The van der Waals surface area contributed by atoms with Gasteiger partial charge in [-0.05, 0) is 43.2 Å². The molecule has 0 unspecified atom stereocenters. The normalized spacial score (nSPS) is 10.7. The molecule has 3 rings (SSSR count). The van der Waals surface area contributed by atoms with Gasteiger partial charge in [-0.15, -0.1) is 0 Å². The van der Waals surface area contributed by atoms with Gasteiger partial charge in [-0.3, -0.25) is 14.3 Å². The molecule has 3 aromatic rings. The molecule has 1 aromatic heterocycles. The summed E-state index contributed by atoms with van der Waals surface area (Å²) in [5.41, 5.74) is 1.36. The van der Waals surface area contributed by atoms with E-state index in [1.54, 1.807) is 24.3 Å². The summed E-state index contributed by atoms with van der Waals surface area (Å²) in [5, 5.41) is 10.6. The van der Waals surface area contributed by atoms with Gasteiger partial charge in [0.25, 0.3) is 5.91 Å². The molecule has 5 nitrogen and oxygen atoms in total. The lowest BCUT2D eigenvalue weighted by atomic mass is 10.2. The number of amides is 1. The molecule has 1 amide bonds. The van der Waals surface area contributed by atoms with E-state index in [1.165, 1.54) is 0 Å². The highest BCUT2D eigenvalue weighted by Crippen LogP contribution is 2.25. The largest absolute Gasteiger partial charge is 0.494 e. The quantitative estimate of drug-likeness (QED) is 0.646. The summed E-state index contributed by atoms with van der Waals surface area (Å²) in [7, 11) is 0. The summed E-state index contributed by atoms with van der Waals surface area (Å²) in [4.78, 5) is 12.3. The molecular weight excluding hydrogens is 309 g/mol. The summed E-state index contributed by atoms with van der Waals surface area (Å²) in [5.74, 6) is 0.893. The minimum atomic E-state index is -0.334. The standard InChI is InChI=1S/C18H18FN3O2/c19-10-4-5-11-24-14-8-9-16-15(12-14)17(22-21-16)20-18(23)13-6-2-1-3-7-13/h1-3,6-9,12H,4-5,10-11H2,(H2,20,21,22,23). The van der Waals surface area contributed by atoms with Crippen molar-refractivity contribution in [2.45, 2.75) is 12.8 Å². The third-order valence-electron chi connectivity index (χ3n) is 3.60.